The number of hydrogen-bond donors (Lipinski definition) is 0. The van der Waals surface area contributed by atoms with Crippen molar-refractivity contribution in [2.45, 2.75) is 17.9 Å². The Morgan fingerprint density at radius 3 is 2.32 bits per heavy atom. The van der Waals surface area contributed by atoms with Crippen LogP contribution >= 0.6 is 11.8 Å². The van der Waals surface area contributed by atoms with Gasteiger partial charge < -0.3 is 19.3 Å². The Bertz CT molecular complexity index is 864. The number of carbonyl (C=O) groups is 2. The molecule has 0 N–H and O–H groups in total. The Kier molecular flexibility index (Phi) is 6.14. The summed E-state index contributed by atoms with van der Waals surface area (Å²) in [6, 6.07) is 12.7. The normalized spacial score (nSPS) is 16.9. The molecule has 7 heteroatoms. The minimum Gasteiger partial charge on any atom is -0.497 e. The topological polar surface area (TPSA) is 59.1 Å². The zero-order chi connectivity index (χ0) is 20.3. The highest BCUT2D eigenvalue weighted by atomic mass is 32.2. The second-order valence-corrected chi connectivity index (χ2v) is 7.42. The predicted octanol–water partition coefficient (Wildman–Crippen LogP) is 3.30. The molecule has 0 aromatic heterocycles. The third-order valence-electron chi connectivity index (χ3n) is 4.75. The maximum absolute atomic E-state index is 13.0. The van der Waals surface area contributed by atoms with Gasteiger partial charge in [-0.05, 0) is 37.4 Å². The average Bonchev–Trinajstić information content (AvgIpc) is 2.72. The third kappa shape index (κ3) is 3.94. The van der Waals surface area contributed by atoms with Gasteiger partial charge in [-0.1, -0.05) is 12.1 Å². The van der Waals surface area contributed by atoms with E-state index in [0.717, 1.165) is 10.6 Å². The largest absolute Gasteiger partial charge is 0.497 e. The number of para-hydroxylation sites is 1. The van der Waals surface area contributed by atoms with Crippen molar-refractivity contribution in [3.8, 4) is 11.5 Å². The molecule has 0 saturated carbocycles. The van der Waals surface area contributed by atoms with Crippen molar-refractivity contribution in [1.29, 1.82) is 0 Å². The first-order valence-corrected chi connectivity index (χ1v) is 10.2. The molecular weight excluding hydrogens is 376 g/mol. The minimum atomic E-state index is -0.213. The lowest BCUT2D eigenvalue weighted by Crippen LogP contribution is -2.57. The highest BCUT2D eigenvalue weighted by Crippen LogP contribution is 2.32. The first-order valence-electron chi connectivity index (χ1n) is 8.96. The summed E-state index contributed by atoms with van der Waals surface area (Å²) in [6.45, 7) is 2.44. The number of rotatable bonds is 5. The highest BCUT2D eigenvalue weighted by molar-refractivity contribution is 7.98. The highest BCUT2D eigenvalue weighted by Gasteiger charge is 2.34. The molecule has 1 aliphatic rings. The van der Waals surface area contributed by atoms with Crippen LogP contribution in [0.25, 0.3) is 0 Å². The van der Waals surface area contributed by atoms with Crippen LogP contribution in [-0.2, 0) is 4.79 Å². The molecular formula is C21H24N2O4S. The molecule has 1 saturated heterocycles. The molecule has 0 spiro atoms. The van der Waals surface area contributed by atoms with Crippen molar-refractivity contribution in [2.75, 3.05) is 38.5 Å². The summed E-state index contributed by atoms with van der Waals surface area (Å²) < 4.78 is 10.5. The van der Waals surface area contributed by atoms with Crippen LogP contribution in [-0.4, -0.2) is 56.3 Å². The number of nitrogens with zero attached hydrogens (tertiary/aromatic N) is 2. The Morgan fingerprint density at radius 2 is 1.75 bits per heavy atom. The van der Waals surface area contributed by atoms with Gasteiger partial charge in [0, 0.05) is 23.1 Å². The van der Waals surface area contributed by atoms with E-state index < -0.39 is 0 Å². The van der Waals surface area contributed by atoms with Gasteiger partial charge in [-0.2, -0.15) is 0 Å². The molecule has 0 aliphatic carbocycles. The molecule has 148 valence electrons. The lowest BCUT2D eigenvalue weighted by atomic mass is 10.1. The second kappa shape index (κ2) is 8.56. The van der Waals surface area contributed by atoms with Gasteiger partial charge in [0.05, 0.1) is 25.9 Å². The summed E-state index contributed by atoms with van der Waals surface area (Å²) in [7, 11) is 3.08. The van der Waals surface area contributed by atoms with Crippen LogP contribution < -0.4 is 14.4 Å². The number of thioether (sulfide) groups is 1. The minimum absolute atomic E-state index is 0.0331. The van der Waals surface area contributed by atoms with Gasteiger partial charge in [0.15, 0.2) is 0 Å². The Morgan fingerprint density at radius 1 is 1.11 bits per heavy atom. The summed E-state index contributed by atoms with van der Waals surface area (Å²) in [6.07, 6.45) is 1.99. The number of hydrogen-bond acceptors (Lipinski definition) is 5. The Hall–Kier alpha value is -2.67. The number of piperazine rings is 1. The van der Waals surface area contributed by atoms with Gasteiger partial charge in [0.1, 0.15) is 18.0 Å². The lowest BCUT2D eigenvalue weighted by molar-refractivity contribution is -0.121. The van der Waals surface area contributed by atoms with Crippen LogP contribution in [0.15, 0.2) is 47.4 Å². The van der Waals surface area contributed by atoms with Crippen molar-refractivity contribution < 1.29 is 19.1 Å². The maximum atomic E-state index is 13.0. The first-order chi connectivity index (χ1) is 13.5. The fraction of sp³-hybridized carbons (Fsp3) is 0.333. The van der Waals surface area contributed by atoms with Gasteiger partial charge in [-0.25, -0.2) is 0 Å². The van der Waals surface area contributed by atoms with Crippen molar-refractivity contribution >= 4 is 29.3 Å². The van der Waals surface area contributed by atoms with Crippen LogP contribution in [0.5, 0.6) is 11.5 Å². The summed E-state index contributed by atoms with van der Waals surface area (Å²) in [5.41, 5.74) is 1.33. The molecule has 3 rings (SSSR count). The SMILES string of the molecule is COc1cc(OC)cc(C(=O)N2CC(=O)N(c3ccccc3SC)C(C)C2)c1. The zero-order valence-electron chi connectivity index (χ0n) is 16.5. The number of ether oxygens (including phenoxy) is 2. The molecule has 1 fully saturated rings. The van der Waals surface area contributed by atoms with E-state index in [1.54, 1.807) is 39.8 Å². The summed E-state index contributed by atoms with van der Waals surface area (Å²) in [4.78, 5) is 30.4. The first kappa shape index (κ1) is 20.1. The summed E-state index contributed by atoms with van der Waals surface area (Å²) in [5.74, 6) is 0.767. The second-order valence-electron chi connectivity index (χ2n) is 6.57. The standard InChI is InChI=1S/C21H24N2O4S/c1-14-12-22(21(25)15-9-16(26-2)11-17(10-15)27-3)13-20(24)23(14)18-7-5-6-8-19(18)28-4/h5-11,14H,12-13H2,1-4H3. The van der Waals surface area contributed by atoms with Crippen LogP contribution in [0.2, 0.25) is 0 Å². The zero-order valence-corrected chi connectivity index (χ0v) is 17.3. The molecule has 2 aromatic rings. The monoisotopic (exact) mass is 400 g/mol. The molecule has 0 bridgehead atoms. The van der Waals surface area contributed by atoms with E-state index in [9.17, 15) is 9.59 Å². The van der Waals surface area contributed by atoms with E-state index in [0.29, 0.717) is 23.6 Å². The van der Waals surface area contributed by atoms with Gasteiger partial charge in [-0.15, -0.1) is 11.8 Å². The molecule has 1 unspecified atom stereocenters. The fourth-order valence-corrected chi connectivity index (χ4v) is 4.01. The van der Waals surface area contributed by atoms with Crippen LogP contribution in [0.4, 0.5) is 5.69 Å². The number of amides is 2. The molecule has 0 radical (unpaired) electrons. The van der Waals surface area contributed by atoms with Gasteiger partial charge >= 0.3 is 0 Å². The molecule has 2 aromatic carbocycles. The Balaban J connectivity index is 1.84. The quantitative estimate of drug-likeness (QED) is 0.721. The van der Waals surface area contributed by atoms with Crippen LogP contribution in [0.1, 0.15) is 17.3 Å². The third-order valence-corrected chi connectivity index (χ3v) is 5.54. The molecule has 1 atom stereocenters. The number of carbonyl (C=O) groups excluding carboxylic acids is 2. The van der Waals surface area contributed by atoms with Crippen LogP contribution in [0, 0.1) is 0 Å². The molecule has 28 heavy (non-hydrogen) atoms. The van der Waals surface area contributed by atoms with Crippen molar-refractivity contribution in [3.63, 3.8) is 0 Å². The molecule has 6 nitrogen and oxygen atoms in total. The van der Waals surface area contributed by atoms with Crippen LogP contribution in [0.3, 0.4) is 0 Å². The summed E-state index contributed by atoms with van der Waals surface area (Å²) in [5, 5.41) is 0. The maximum Gasteiger partial charge on any atom is 0.254 e. The van der Waals surface area contributed by atoms with E-state index in [1.807, 2.05) is 37.4 Å². The van der Waals surface area contributed by atoms with E-state index >= 15 is 0 Å². The molecule has 1 aliphatic heterocycles. The van der Waals surface area contributed by atoms with Crippen molar-refractivity contribution in [2.24, 2.45) is 0 Å². The van der Waals surface area contributed by atoms with Gasteiger partial charge in [0.25, 0.3) is 5.91 Å². The molecule has 1 heterocycles. The van der Waals surface area contributed by atoms with E-state index in [1.165, 1.54) is 14.2 Å². The number of methoxy groups -OCH3 is 2. The lowest BCUT2D eigenvalue weighted by Gasteiger charge is -2.40. The van der Waals surface area contributed by atoms with Gasteiger partial charge in [0.2, 0.25) is 5.91 Å². The fourth-order valence-electron chi connectivity index (χ4n) is 3.42. The van der Waals surface area contributed by atoms with Crippen molar-refractivity contribution in [1.82, 2.24) is 4.90 Å². The Labute approximate surface area is 169 Å². The van der Waals surface area contributed by atoms with Crippen molar-refractivity contribution in [3.05, 3.63) is 48.0 Å². The van der Waals surface area contributed by atoms with E-state index in [4.69, 9.17) is 9.47 Å². The summed E-state index contributed by atoms with van der Waals surface area (Å²) >= 11 is 1.60. The average molecular weight is 401 g/mol. The predicted molar refractivity (Wildman–Crippen MR) is 111 cm³/mol. The van der Waals surface area contributed by atoms with E-state index in [2.05, 4.69) is 0 Å². The number of benzene rings is 2. The molecule has 2 amide bonds. The number of anilines is 1. The van der Waals surface area contributed by atoms with E-state index in [-0.39, 0.29) is 24.4 Å². The van der Waals surface area contributed by atoms with Gasteiger partial charge in [-0.3, -0.25) is 9.59 Å². The smallest absolute Gasteiger partial charge is 0.254 e.